The normalized spacial score (nSPS) is 10.5. The van der Waals surface area contributed by atoms with E-state index in [2.05, 4.69) is 4.74 Å². The highest BCUT2D eigenvalue weighted by atomic mass is 16.5. The largest absolute Gasteiger partial charge is 0.489 e. The summed E-state index contributed by atoms with van der Waals surface area (Å²) < 4.78 is 10.3. The van der Waals surface area contributed by atoms with Crippen molar-refractivity contribution in [2.45, 2.75) is 13.5 Å². The highest BCUT2D eigenvalue weighted by molar-refractivity contribution is 6.07. The molecule has 6 nitrogen and oxygen atoms in total. The van der Waals surface area contributed by atoms with Gasteiger partial charge in [-0.1, -0.05) is 42.5 Å². The average molecular weight is 350 g/mol. The Bertz CT molecular complexity index is 838. The molecule has 0 fully saturated rings. The van der Waals surface area contributed by atoms with Crippen molar-refractivity contribution >= 4 is 18.1 Å². The molecular weight excluding hydrogens is 332 g/mol. The summed E-state index contributed by atoms with van der Waals surface area (Å²) in [5, 5.41) is 11.2. The number of amides is 2. The molecule has 132 valence electrons. The van der Waals surface area contributed by atoms with Gasteiger partial charge >= 0.3 is 6.09 Å². The molecule has 0 aliphatic carbocycles. The standard InChI is InChI=1S/C20H18N2O4/c1-2-25-20(24)22-19(23)17(13-21)11-16-9-6-10-18(12-16)26-14-15-7-4-3-5-8-15/h3-12H,2,14H2,1H3,(H,22,23,24)/b17-11+. The minimum absolute atomic E-state index is 0.130. The van der Waals surface area contributed by atoms with E-state index < -0.39 is 12.0 Å². The number of carbonyl (C=O) groups is 2. The maximum Gasteiger partial charge on any atom is 0.414 e. The zero-order valence-electron chi connectivity index (χ0n) is 14.3. The second kappa shape index (κ2) is 9.64. The first-order chi connectivity index (χ1) is 12.6. The van der Waals surface area contributed by atoms with E-state index in [0.29, 0.717) is 17.9 Å². The van der Waals surface area contributed by atoms with Gasteiger partial charge in [0.05, 0.1) is 6.61 Å². The Kier molecular flexibility index (Phi) is 6.95. The van der Waals surface area contributed by atoms with Crippen LogP contribution >= 0.6 is 0 Å². The summed E-state index contributed by atoms with van der Waals surface area (Å²) in [6, 6.07) is 18.4. The monoisotopic (exact) mass is 350 g/mol. The van der Waals surface area contributed by atoms with Crippen LogP contribution in [0, 0.1) is 11.3 Å². The summed E-state index contributed by atoms with van der Waals surface area (Å²) in [5.74, 6) is -0.216. The van der Waals surface area contributed by atoms with E-state index in [9.17, 15) is 9.59 Å². The van der Waals surface area contributed by atoms with Gasteiger partial charge in [-0.05, 0) is 36.3 Å². The Labute approximate surface area is 151 Å². The molecular formula is C20H18N2O4. The van der Waals surface area contributed by atoms with Crippen molar-refractivity contribution in [2.24, 2.45) is 0 Å². The molecule has 0 radical (unpaired) electrons. The molecule has 2 aromatic rings. The smallest absolute Gasteiger partial charge is 0.414 e. The van der Waals surface area contributed by atoms with Gasteiger partial charge in [0.2, 0.25) is 0 Å². The van der Waals surface area contributed by atoms with Crippen LogP contribution in [0.4, 0.5) is 4.79 Å². The molecule has 0 heterocycles. The predicted octanol–water partition coefficient (Wildman–Crippen LogP) is 3.45. The number of nitrogens with one attached hydrogen (secondary N) is 1. The van der Waals surface area contributed by atoms with Gasteiger partial charge in [0.15, 0.2) is 0 Å². The maximum absolute atomic E-state index is 11.9. The first kappa shape index (κ1) is 18.7. The summed E-state index contributed by atoms with van der Waals surface area (Å²) in [7, 11) is 0. The molecule has 2 rings (SSSR count). The summed E-state index contributed by atoms with van der Waals surface area (Å²) in [6.45, 7) is 2.15. The second-order valence-corrected chi connectivity index (χ2v) is 5.19. The van der Waals surface area contributed by atoms with Gasteiger partial charge in [-0.2, -0.15) is 5.26 Å². The minimum atomic E-state index is -0.890. The maximum atomic E-state index is 11.9. The van der Waals surface area contributed by atoms with Gasteiger partial charge < -0.3 is 9.47 Å². The van der Waals surface area contributed by atoms with Gasteiger partial charge in [-0.25, -0.2) is 4.79 Å². The van der Waals surface area contributed by atoms with E-state index in [1.807, 2.05) is 35.6 Å². The summed E-state index contributed by atoms with van der Waals surface area (Å²) >= 11 is 0. The number of benzene rings is 2. The first-order valence-corrected chi connectivity index (χ1v) is 7.99. The molecule has 0 saturated carbocycles. The lowest BCUT2D eigenvalue weighted by molar-refractivity contribution is -0.116. The summed E-state index contributed by atoms with van der Waals surface area (Å²) in [5.41, 5.74) is 1.42. The number of nitrogens with zero attached hydrogens (tertiary/aromatic N) is 1. The second-order valence-electron chi connectivity index (χ2n) is 5.19. The fraction of sp³-hybridized carbons (Fsp3) is 0.150. The van der Waals surface area contributed by atoms with Crippen molar-refractivity contribution in [3.63, 3.8) is 0 Å². The Morgan fingerprint density at radius 3 is 2.62 bits per heavy atom. The molecule has 0 unspecified atom stereocenters. The van der Waals surface area contributed by atoms with E-state index in [1.54, 1.807) is 37.3 Å². The molecule has 0 aliphatic heterocycles. The van der Waals surface area contributed by atoms with E-state index >= 15 is 0 Å². The fourth-order valence-electron chi connectivity index (χ4n) is 2.08. The minimum Gasteiger partial charge on any atom is -0.489 e. The van der Waals surface area contributed by atoms with Gasteiger partial charge in [0.25, 0.3) is 5.91 Å². The number of carbonyl (C=O) groups excluding carboxylic acids is 2. The zero-order valence-corrected chi connectivity index (χ0v) is 14.3. The molecule has 0 aromatic heterocycles. The van der Waals surface area contributed by atoms with Crippen molar-refractivity contribution in [2.75, 3.05) is 6.61 Å². The van der Waals surface area contributed by atoms with Crippen LogP contribution in [0.15, 0.2) is 60.2 Å². The van der Waals surface area contributed by atoms with Crippen LogP contribution in [0.3, 0.4) is 0 Å². The lowest BCUT2D eigenvalue weighted by atomic mass is 10.1. The Morgan fingerprint density at radius 1 is 1.15 bits per heavy atom. The highest BCUT2D eigenvalue weighted by Gasteiger charge is 2.13. The molecule has 0 spiro atoms. The summed E-state index contributed by atoms with van der Waals surface area (Å²) in [6.07, 6.45) is 0.489. The van der Waals surface area contributed by atoms with Crippen LogP contribution in [0.1, 0.15) is 18.1 Å². The third-order valence-corrected chi connectivity index (χ3v) is 3.27. The molecule has 1 N–H and O–H groups in total. The topological polar surface area (TPSA) is 88.4 Å². The van der Waals surface area contributed by atoms with Crippen LogP contribution in [-0.4, -0.2) is 18.6 Å². The number of nitriles is 1. The fourth-order valence-corrected chi connectivity index (χ4v) is 2.08. The number of hydrogen-bond acceptors (Lipinski definition) is 5. The first-order valence-electron chi connectivity index (χ1n) is 7.99. The van der Waals surface area contributed by atoms with E-state index in [-0.39, 0.29) is 12.2 Å². The number of alkyl carbamates (subject to hydrolysis) is 1. The van der Waals surface area contributed by atoms with Crippen LogP contribution in [0.5, 0.6) is 5.75 Å². The van der Waals surface area contributed by atoms with Gasteiger partial charge in [0, 0.05) is 0 Å². The highest BCUT2D eigenvalue weighted by Crippen LogP contribution is 2.17. The van der Waals surface area contributed by atoms with Crippen molar-refractivity contribution in [1.29, 1.82) is 5.26 Å². The molecule has 6 heteroatoms. The van der Waals surface area contributed by atoms with Crippen LogP contribution in [0.2, 0.25) is 0 Å². The molecule has 2 aromatic carbocycles. The molecule has 0 bridgehead atoms. The van der Waals surface area contributed by atoms with Crippen LogP contribution in [0.25, 0.3) is 6.08 Å². The number of ether oxygens (including phenoxy) is 2. The van der Waals surface area contributed by atoms with Gasteiger partial charge in [-0.3, -0.25) is 10.1 Å². The molecule has 0 saturated heterocycles. The zero-order chi connectivity index (χ0) is 18.8. The lowest BCUT2D eigenvalue weighted by Crippen LogP contribution is -2.31. The Morgan fingerprint density at radius 2 is 1.92 bits per heavy atom. The quantitative estimate of drug-likeness (QED) is 0.637. The summed E-state index contributed by atoms with van der Waals surface area (Å²) in [4.78, 5) is 23.2. The molecule has 2 amide bonds. The SMILES string of the molecule is CCOC(=O)NC(=O)/C(C#N)=C/c1cccc(OCc2ccccc2)c1. The van der Waals surface area contributed by atoms with Crippen molar-refractivity contribution < 1.29 is 19.1 Å². The Balaban J connectivity index is 2.07. The van der Waals surface area contributed by atoms with Crippen LogP contribution < -0.4 is 10.1 Å². The Hall–Kier alpha value is -3.59. The third kappa shape index (κ3) is 5.80. The van der Waals surface area contributed by atoms with Crippen molar-refractivity contribution in [1.82, 2.24) is 5.32 Å². The number of imide groups is 1. The third-order valence-electron chi connectivity index (χ3n) is 3.27. The molecule has 0 aliphatic rings. The lowest BCUT2D eigenvalue weighted by Gasteiger charge is -2.07. The number of rotatable bonds is 6. The van der Waals surface area contributed by atoms with E-state index in [0.717, 1.165) is 5.56 Å². The van der Waals surface area contributed by atoms with E-state index in [1.165, 1.54) is 6.08 Å². The molecule has 26 heavy (non-hydrogen) atoms. The van der Waals surface area contributed by atoms with Gasteiger partial charge in [0.1, 0.15) is 24.0 Å². The van der Waals surface area contributed by atoms with Gasteiger partial charge in [-0.15, -0.1) is 0 Å². The number of hydrogen-bond donors (Lipinski definition) is 1. The van der Waals surface area contributed by atoms with Crippen molar-refractivity contribution in [3.8, 4) is 11.8 Å². The predicted molar refractivity (Wildman–Crippen MR) is 96.0 cm³/mol. The molecule has 0 atom stereocenters. The van der Waals surface area contributed by atoms with Crippen LogP contribution in [-0.2, 0) is 16.1 Å². The van der Waals surface area contributed by atoms with E-state index in [4.69, 9.17) is 10.00 Å². The van der Waals surface area contributed by atoms with Crippen molar-refractivity contribution in [3.05, 3.63) is 71.3 Å². The average Bonchev–Trinajstić information content (AvgIpc) is 2.65.